The summed E-state index contributed by atoms with van der Waals surface area (Å²) in [5.41, 5.74) is -0.841. The number of methoxy groups -OCH3 is 1. The summed E-state index contributed by atoms with van der Waals surface area (Å²) in [6.45, 7) is 0.843. The molecule has 3 rings (SSSR count). The zero-order chi connectivity index (χ0) is 18.1. The predicted molar refractivity (Wildman–Crippen MR) is 94.1 cm³/mol. The Bertz CT molecular complexity index is 806. The van der Waals surface area contributed by atoms with E-state index in [1.54, 1.807) is 25.3 Å². The summed E-state index contributed by atoms with van der Waals surface area (Å²) in [5, 5.41) is -0.295. The van der Waals surface area contributed by atoms with Gasteiger partial charge in [-0.3, -0.25) is 0 Å². The Labute approximate surface area is 149 Å². The molecule has 1 aromatic carbocycles. The van der Waals surface area contributed by atoms with Crippen LogP contribution >= 0.6 is 0 Å². The maximum atomic E-state index is 12.7. The van der Waals surface area contributed by atoms with Crippen molar-refractivity contribution in [2.75, 3.05) is 26.8 Å². The standard InChI is InChI=1S/C16H24N2O5S2/c1-23-12-10-16(17-24(19,20)14-5-3-2-4-6-14)9-11-18(13-16)25(21,22)15-7-8-15/h2-6,15,17H,7-13H2,1H3/t16-/m1/s1. The third-order valence-corrected chi connectivity index (χ3v) is 8.75. The van der Waals surface area contributed by atoms with E-state index in [1.165, 1.54) is 16.4 Å². The summed E-state index contributed by atoms with van der Waals surface area (Å²) in [5.74, 6) is 0. The number of ether oxygens (including phenoxy) is 1. The van der Waals surface area contributed by atoms with Crippen molar-refractivity contribution < 1.29 is 21.6 Å². The van der Waals surface area contributed by atoms with Crippen molar-refractivity contribution in [3.05, 3.63) is 30.3 Å². The van der Waals surface area contributed by atoms with Crippen molar-refractivity contribution in [3.63, 3.8) is 0 Å². The van der Waals surface area contributed by atoms with E-state index in [0.717, 1.165) is 0 Å². The Morgan fingerprint density at radius 3 is 2.48 bits per heavy atom. The fourth-order valence-electron chi connectivity index (χ4n) is 3.21. The smallest absolute Gasteiger partial charge is 0.241 e. The Balaban J connectivity index is 1.83. The molecule has 1 saturated heterocycles. The minimum Gasteiger partial charge on any atom is -0.385 e. The molecule has 0 aromatic heterocycles. The molecule has 7 nitrogen and oxygen atoms in total. The predicted octanol–water partition coefficient (Wildman–Crippen LogP) is 0.938. The molecule has 0 spiro atoms. The number of nitrogens with one attached hydrogen (secondary N) is 1. The normalized spacial score (nSPS) is 25.3. The van der Waals surface area contributed by atoms with Crippen molar-refractivity contribution in [1.82, 2.24) is 9.03 Å². The molecule has 2 aliphatic rings. The highest BCUT2D eigenvalue weighted by Crippen LogP contribution is 2.36. The van der Waals surface area contributed by atoms with Crippen molar-refractivity contribution in [2.24, 2.45) is 0 Å². The van der Waals surface area contributed by atoms with Gasteiger partial charge in [0, 0.05) is 26.8 Å². The zero-order valence-electron chi connectivity index (χ0n) is 14.2. The van der Waals surface area contributed by atoms with Gasteiger partial charge in [0.1, 0.15) is 0 Å². The summed E-state index contributed by atoms with van der Waals surface area (Å²) in [7, 11) is -5.51. The molecule has 1 saturated carbocycles. The number of hydrogen-bond donors (Lipinski definition) is 1. The first-order valence-electron chi connectivity index (χ1n) is 8.36. The van der Waals surface area contributed by atoms with Gasteiger partial charge < -0.3 is 4.74 Å². The minimum atomic E-state index is -3.73. The van der Waals surface area contributed by atoms with Crippen molar-refractivity contribution in [3.8, 4) is 0 Å². The minimum absolute atomic E-state index is 0.154. The van der Waals surface area contributed by atoms with Crippen LogP contribution in [0.4, 0.5) is 0 Å². The van der Waals surface area contributed by atoms with Crippen LogP contribution < -0.4 is 4.72 Å². The molecule has 140 valence electrons. The lowest BCUT2D eigenvalue weighted by molar-refractivity contribution is 0.165. The number of sulfonamides is 2. The summed E-state index contributed by atoms with van der Waals surface area (Å²) in [6.07, 6.45) is 2.25. The molecule has 1 heterocycles. The van der Waals surface area contributed by atoms with Gasteiger partial charge in [-0.2, -0.15) is 4.31 Å². The lowest BCUT2D eigenvalue weighted by atomic mass is 9.96. The Hall–Kier alpha value is -1.00. The largest absolute Gasteiger partial charge is 0.385 e. The highest BCUT2D eigenvalue weighted by Gasteiger charge is 2.49. The highest BCUT2D eigenvalue weighted by molar-refractivity contribution is 7.90. The van der Waals surface area contributed by atoms with Crippen molar-refractivity contribution >= 4 is 20.0 Å². The third kappa shape index (κ3) is 4.06. The summed E-state index contributed by atoms with van der Waals surface area (Å²) < 4.78 is 59.8. The maximum Gasteiger partial charge on any atom is 0.241 e. The summed E-state index contributed by atoms with van der Waals surface area (Å²) in [6, 6.07) is 8.13. The fourth-order valence-corrected chi connectivity index (χ4v) is 6.61. The zero-order valence-corrected chi connectivity index (χ0v) is 15.9. The molecule has 1 aliphatic carbocycles. The van der Waals surface area contributed by atoms with Gasteiger partial charge in [0.05, 0.1) is 15.7 Å². The first kappa shape index (κ1) is 18.8. The van der Waals surface area contributed by atoms with Crippen LogP contribution in [0, 0.1) is 0 Å². The van der Waals surface area contributed by atoms with Crippen LogP contribution in [0.25, 0.3) is 0 Å². The van der Waals surface area contributed by atoms with Crippen LogP contribution in [0.1, 0.15) is 25.7 Å². The molecule has 25 heavy (non-hydrogen) atoms. The summed E-state index contributed by atoms with van der Waals surface area (Å²) in [4.78, 5) is 0.176. The van der Waals surface area contributed by atoms with Gasteiger partial charge >= 0.3 is 0 Å². The van der Waals surface area contributed by atoms with E-state index in [-0.39, 0.29) is 16.7 Å². The Morgan fingerprint density at radius 2 is 1.88 bits per heavy atom. The number of rotatable bonds is 8. The first-order chi connectivity index (χ1) is 11.8. The molecule has 1 aromatic rings. The van der Waals surface area contributed by atoms with E-state index in [9.17, 15) is 16.8 Å². The molecule has 0 unspecified atom stereocenters. The van der Waals surface area contributed by atoms with Crippen LogP contribution in [0.5, 0.6) is 0 Å². The van der Waals surface area contributed by atoms with Crippen LogP contribution in [-0.4, -0.2) is 58.7 Å². The maximum absolute atomic E-state index is 12.7. The van der Waals surface area contributed by atoms with E-state index < -0.39 is 25.6 Å². The van der Waals surface area contributed by atoms with Gasteiger partial charge in [-0.25, -0.2) is 21.6 Å². The molecule has 0 bridgehead atoms. The number of nitrogens with zero attached hydrogens (tertiary/aromatic N) is 1. The van der Waals surface area contributed by atoms with Crippen LogP contribution in [0.15, 0.2) is 35.2 Å². The number of hydrogen-bond acceptors (Lipinski definition) is 5. The molecule has 1 atom stereocenters. The van der Waals surface area contributed by atoms with Crippen LogP contribution in [0.3, 0.4) is 0 Å². The molecule has 9 heteroatoms. The van der Waals surface area contributed by atoms with Crippen molar-refractivity contribution in [1.29, 1.82) is 0 Å². The molecule has 1 N–H and O–H groups in total. The second-order valence-electron chi connectivity index (χ2n) is 6.77. The van der Waals surface area contributed by atoms with Gasteiger partial charge in [-0.05, 0) is 37.8 Å². The molecule has 0 radical (unpaired) electrons. The Morgan fingerprint density at radius 1 is 1.20 bits per heavy atom. The van der Waals surface area contributed by atoms with Crippen molar-refractivity contribution in [2.45, 2.75) is 41.4 Å². The summed E-state index contributed by atoms with van der Waals surface area (Å²) >= 11 is 0. The van der Waals surface area contributed by atoms with E-state index >= 15 is 0 Å². The Kier molecular flexibility index (Phi) is 5.23. The van der Waals surface area contributed by atoms with E-state index in [4.69, 9.17) is 4.74 Å². The first-order valence-corrected chi connectivity index (χ1v) is 11.3. The second kappa shape index (κ2) is 6.96. The lowest BCUT2D eigenvalue weighted by Crippen LogP contribution is -2.51. The van der Waals surface area contributed by atoms with Crippen LogP contribution in [0.2, 0.25) is 0 Å². The SMILES string of the molecule is COCC[C@]1(NS(=O)(=O)c2ccccc2)CCN(S(=O)(=O)C2CC2)C1. The average molecular weight is 389 g/mol. The van der Waals surface area contributed by atoms with Gasteiger partial charge in [-0.15, -0.1) is 0 Å². The van der Waals surface area contributed by atoms with E-state index in [0.29, 0.717) is 38.8 Å². The second-order valence-corrected chi connectivity index (χ2v) is 10.7. The highest BCUT2D eigenvalue weighted by atomic mass is 32.2. The molecular formula is C16H24N2O5S2. The van der Waals surface area contributed by atoms with Gasteiger partial charge in [-0.1, -0.05) is 18.2 Å². The number of benzene rings is 1. The fraction of sp³-hybridized carbons (Fsp3) is 0.625. The monoisotopic (exact) mass is 388 g/mol. The lowest BCUT2D eigenvalue weighted by Gasteiger charge is -2.30. The molecule has 1 aliphatic heterocycles. The van der Waals surface area contributed by atoms with Gasteiger partial charge in [0.15, 0.2) is 0 Å². The van der Waals surface area contributed by atoms with E-state index in [2.05, 4.69) is 4.72 Å². The molecule has 2 fully saturated rings. The average Bonchev–Trinajstić information content (AvgIpc) is 3.36. The third-order valence-electron chi connectivity index (χ3n) is 4.81. The molecule has 0 amide bonds. The van der Waals surface area contributed by atoms with E-state index in [1.807, 2.05) is 0 Å². The molecular weight excluding hydrogens is 364 g/mol. The van der Waals surface area contributed by atoms with Gasteiger partial charge in [0.25, 0.3) is 0 Å². The quantitative estimate of drug-likeness (QED) is 0.715. The van der Waals surface area contributed by atoms with Crippen LogP contribution in [-0.2, 0) is 24.8 Å². The van der Waals surface area contributed by atoms with Gasteiger partial charge in [0.2, 0.25) is 20.0 Å². The topological polar surface area (TPSA) is 92.8 Å².